The molecule has 2 N–H and O–H groups in total. The summed E-state index contributed by atoms with van der Waals surface area (Å²) in [6.07, 6.45) is 6.63. The number of hydrogen-bond acceptors (Lipinski definition) is 2. The number of piperidine rings is 1. The van der Waals surface area contributed by atoms with Gasteiger partial charge in [0, 0.05) is 32.7 Å². The highest BCUT2D eigenvalue weighted by Crippen LogP contribution is 2.41. The van der Waals surface area contributed by atoms with Crippen LogP contribution in [0.25, 0.3) is 10.8 Å². The molecule has 1 heterocycles. The molecule has 2 aliphatic carbocycles. The number of amides is 4. The van der Waals surface area contributed by atoms with E-state index in [1.54, 1.807) is 7.05 Å². The van der Waals surface area contributed by atoms with Crippen molar-refractivity contribution >= 4 is 22.8 Å². The van der Waals surface area contributed by atoms with Crippen LogP contribution < -0.4 is 10.6 Å². The zero-order valence-electron chi connectivity index (χ0n) is 18.3. The normalized spacial score (nSPS) is 21.1. The molecule has 3 fully saturated rings. The average Bonchev–Trinajstić information content (AvgIpc) is 3.71. The van der Waals surface area contributed by atoms with Gasteiger partial charge in [0.05, 0.1) is 6.04 Å². The number of urea groups is 2. The molecule has 4 amide bonds. The van der Waals surface area contributed by atoms with E-state index in [1.165, 1.54) is 29.2 Å². The summed E-state index contributed by atoms with van der Waals surface area (Å²) in [5.41, 5.74) is 2.57. The van der Waals surface area contributed by atoms with E-state index in [-0.39, 0.29) is 18.1 Å². The number of nitrogens with zero attached hydrogens (tertiary/aromatic N) is 2. The minimum absolute atomic E-state index is 0.00423. The topological polar surface area (TPSA) is 64.7 Å². The maximum absolute atomic E-state index is 13.1. The molecule has 31 heavy (non-hydrogen) atoms. The number of hydrogen-bond donors (Lipinski definition) is 2. The van der Waals surface area contributed by atoms with E-state index in [0.717, 1.165) is 43.7 Å². The molecule has 5 rings (SSSR count). The molecule has 2 aromatic rings. The van der Waals surface area contributed by atoms with Crippen LogP contribution in [0.2, 0.25) is 0 Å². The van der Waals surface area contributed by atoms with Crippen LogP contribution in [0.1, 0.15) is 55.6 Å². The van der Waals surface area contributed by atoms with E-state index >= 15 is 0 Å². The molecule has 6 heteroatoms. The third-order valence-electron chi connectivity index (χ3n) is 6.89. The van der Waals surface area contributed by atoms with Crippen molar-refractivity contribution in [1.82, 2.24) is 20.4 Å². The van der Waals surface area contributed by atoms with Gasteiger partial charge in [0.1, 0.15) is 0 Å². The van der Waals surface area contributed by atoms with Crippen molar-refractivity contribution in [2.75, 3.05) is 20.1 Å². The van der Waals surface area contributed by atoms with Gasteiger partial charge in [0.2, 0.25) is 0 Å². The first kappa shape index (κ1) is 20.2. The summed E-state index contributed by atoms with van der Waals surface area (Å²) in [6, 6.07) is 13.6. The fourth-order valence-electron chi connectivity index (χ4n) is 4.87. The molecular formula is C25H32N4O2. The van der Waals surface area contributed by atoms with E-state index in [0.29, 0.717) is 19.1 Å². The molecule has 164 valence electrons. The second kappa shape index (κ2) is 8.40. The maximum Gasteiger partial charge on any atom is 0.318 e. The second-order valence-corrected chi connectivity index (χ2v) is 9.31. The van der Waals surface area contributed by atoms with Crippen LogP contribution in [0.5, 0.6) is 0 Å². The molecular weight excluding hydrogens is 388 g/mol. The number of carbonyl (C=O) groups excluding carboxylic acids is 2. The van der Waals surface area contributed by atoms with Crippen molar-refractivity contribution in [3.05, 3.63) is 47.5 Å². The summed E-state index contributed by atoms with van der Waals surface area (Å²) in [6.45, 7) is 1.90. The highest BCUT2D eigenvalue weighted by molar-refractivity contribution is 5.84. The number of rotatable bonds is 5. The first-order valence-corrected chi connectivity index (χ1v) is 11.7. The Balaban J connectivity index is 1.24. The van der Waals surface area contributed by atoms with E-state index in [1.807, 2.05) is 9.80 Å². The lowest BCUT2D eigenvalue weighted by molar-refractivity contribution is 0.116. The first-order chi connectivity index (χ1) is 15.1. The lowest BCUT2D eigenvalue weighted by atomic mass is 10.0. The van der Waals surface area contributed by atoms with Crippen molar-refractivity contribution in [2.45, 2.75) is 63.1 Å². The Morgan fingerprint density at radius 2 is 1.77 bits per heavy atom. The molecule has 1 aliphatic heterocycles. The smallest absolute Gasteiger partial charge is 0.318 e. The zero-order valence-corrected chi connectivity index (χ0v) is 18.3. The molecule has 1 saturated heterocycles. The van der Waals surface area contributed by atoms with Crippen LogP contribution in [0, 0.1) is 0 Å². The zero-order chi connectivity index (χ0) is 21.4. The molecule has 0 aromatic heterocycles. The van der Waals surface area contributed by atoms with Gasteiger partial charge in [-0.3, -0.25) is 0 Å². The lowest BCUT2D eigenvalue weighted by Gasteiger charge is -2.39. The van der Waals surface area contributed by atoms with Gasteiger partial charge in [-0.05, 0) is 72.4 Å². The molecule has 6 nitrogen and oxygen atoms in total. The number of fused-ring (bicyclic) bond motifs is 1. The largest absolute Gasteiger partial charge is 0.341 e. The monoisotopic (exact) mass is 420 g/mol. The van der Waals surface area contributed by atoms with Crippen molar-refractivity contribution in [1.29, 1.82) is 0 Å². The highest BCUT2D eigenvalue weighted by atomic mass is 16.2. The van der Waals surface area contributed by atoms with Crippen LogP contribution in [0.4, 0.5) is 9.59 Å². The van der Waals surface area contributed by atoms with Crippen molar-refractivity contribution in [3.63, 3.8) is 0 Å². The van der Waals surface area contributed by atoms with Crippen LogP contribution in [-0.4, -0.2) is 54.1 Å². The van der Waals surface area contributed by atoms with Crippen LogP contribution in [-0.2, 0) is 6.54 Å². The Morgan fingerprint density at radius 3 is 2.52 bits per heavy atom. The van der Waals surface area contributed by atoms with E-state index in [2.05, 4.69) is 47.0 Å². The standard InChI is InChI=1S/C25H32N4O2/c1-26-24(30)28-12-2-3-23(16-28)29(22-10-11-22)25(31)27-15-17-4-5-21-14-20(18-6-7-18)9-8-19(21)13-17/h4-5,8-9,13-14,18,22-23H,2-3,6-7,10-12,15-16H2,1H3,(H,26,30)(H,27,31). The molecule has 0 radical (unpaired) electrons. The first-order valence-electron chi connectivity index (χ1n) is 11.7. The minimum Gasteiger partial charge on any atom is -0.341 e. The summed E-state index contributed by atoms with van der Waals surface area (Å²) in [5.74, 6) is 0.760. The second-order valence-electron chi connectivity index (χ2n) is 9.31. The molecule has 1 unspecified atom stereocenters. The molecule has 1 atom stereocenters. The quantitative estimate of drug-likeness (QED) is 0.762. The van der Waals surface area contributed by atoms with Crippen molar-refractivity contribution in [3.8, 4) is 0 Å². The fraction of sp³-hybridized carbons (Fsp3) is 0.520. The van der Waals surface area contributed by atoms with Crippen LogP contribution >= 0.6 is 0 Å². The Kier molecular flexibility index (Phi) is 5.47. The average molecular weight is 421 g/mol. The molecule has 2 saturated carbocycles. The predicted octanol–water partition coefficient (Wildman–Crippen LogP) is 4.20. The number of nitrogens with one attached hydrogen (secondary N) is 2. The Hall–Kier alpha value is -2.76. The van der Waals surface area contributed by atoms with Crippen molar-refractivity contribution in [2.24, 2.45) is 0 Å². The minimum atomic E-state index is -0.0538. The summed E-state index contributed by atoms with van der Waals surface area (Å²) < 4.78 is 0. The Labute approximate surface area is 184 Å². The van der Waals surface area contributed by atoms with Gasteiger partial charge in [0.25, 0.3) is 0 Å². The Bertz CT molecular complexity index is 983. The number of benzene rings is 2. The predicted molar refractivity (Wildman–Crippen MR) is 122 cm³/mol. The number of likely N-dealkylation sites (tertiary alicyclic amines) is 1. The molecule has 2 aromatic carbocycles. The number of carbonyl (C=O) groups is 2. The highest BCUT2D eigenvalue weighted by Gasteiger charge is 2.39. The van der Waals surface area contributed by atoms with E-state index < -0.39 is 0 Å². The molecule has 3 aliphatic rings. The summed E-state index contributed by atoms with van der Waals surface area (Å²) in [7, 11) is 1.66. The Morgan fingerprint density at radius 1 is 1.00 bits per heavy atom. The summed E-state index contributed by atoms with van der Waals surface area (Å²) in [4.78, 5) is 29.0. The van der Waals surface area contributed by atoms with Gasteiger partial charge >= 0.3 is 12.1 Å². The molecule has 0 bridgehead atoms. The van der Waals surface area contributed by atoms with Gasteiger partial charge in [0.15, 0.2) is 0 Å². The van der Waals surface area contributed by atoms with Gasteiger partial charge in [-0.1, -0.05) is 30.3 Å². The SMILES string of the molecule is CNC(=O)N1CCCC(N(C(=O)NCc2ccc3cc(C4CC4)ccc3c2)C2CC2)C1. The van der Waals surface area contributed by atoms with E-state index in [4.69, 9.17) is 0 Å². The molecule has 0 spiro atoms. The third kappa shape index (κ3) is 4.48. The fourth-order valence-corrected chi connectivity index (χ4v) is 4.87. The summed E-state index contributed by atoms with van der Waals surface area (Å²) >= 11 is 0. The summed E-state index contributed by atoms with van der Waals surface area (Å²) in [5, 5.41) is 8.36. The van der Waals surface area contributed by atoms with Gasteiger partial charge < -0.3 is 20.4 Å². The lowest BCUT2D eigenvalue weighted by Crippen LogP contribution is -2.56. The van der Waals surface area contributed by atoms with E-state index in [9.17, 15) is 9.59 Å². The van der Waals surface area contributed by atoms with Crippen molar-refractivity contribution < 1.29 is 9.59 Å². The van der Waals surface area contributed by atoms with Gasteiger partial charge in [-0.2, -0.15) is 0 Å². The van der Waals surface area contributed by atoms with Crippen LogP contribution in [0.3, 0.4) is 0 Å². The van der Waals surface area contributed by atoms with Gasteiger partial charge in [-0.25, -0.2) is 9.59 Å². The van der Waals surface area contributed by atoms with Gasteiger partial charge in [-0.15, -0.1) is 0 Å². The maximum atomic E-state index is 13.1. The van der Waals surface area contributed by atoms with Crippen LogP contribution in [0.15, 0.2) is 36.4 Å². The third-order valence-corrected chi connectivity index (χ3v) is 6.89.